The van der Waals surface area contributed by atoms with Gasteiger partial charge in [0, 0.05) is 19.4 Å². The third kappa shape index (κ3) is 20.1. The fourth-order valence-corrected chi connectivity index (χ4v) is 4.67. The second kappa shape index (κ2) is 25.2. The number of ether oxygens (including phenoxy) is 1. The van der Waals surface area contributed by atoms with Gasteiger partial charge in [-0.3, -0.25) is 38.4 Å². The zero-order valence-corrected chi connectivity index (χ0v) is 31.1. The molecule has 0 fully saturated rings. The van der Waals surface area contributed by atoms with E-state index in [0.717, 1.165) is 6.42 Å². The molecule has 302 valence electrons. The first-order valence-electron chi connectivity index (χ1n) is 17.6. The van der Waals surface area contributed by atoms with Crippen molar-refractivity contribution in [2.75, 3.05) is 19.7 Å². The first-order valence-corrected chi connectivity index (χ1v) is 17.6. The minimum Gasteiger partial charge on any atom is -0.481 e. The van der Waals surface area contributed by atoms with E-state index in [-0.39, 0.29) is 25.7 Å². The fourth-order valence-electron chi connectivity index (χ4n) is 4.67. The average molecular weight is 760 g/mol. The summed E-state index contributed by atoms with van der Waals surface area (Å²) in [5.74, 6) is -7.67. The Balaban J connectivity index is 5.35. The van der Waals surface area contributed by atoms with Crippen LogP contribution in [0.1, 0.15) is 98.8 Å². The highest BCUT2D eigenvalue weighted by atomic mass is 16.5. The van der Waals surface area contributed by atoms with Gasteiger partial charge >= 0.3 is 11.9 Å². The molecule has 20 heteroatoms. The van der Waals surface area contributed by atoms with Gasteiger partial charge < -0.3 is 57.7 Å². The van der Waals surface area contributed by atoms with Gasteiger partial charge in [0.15, 0.2) is 0 Å². The highest BCUT2D eigenvalue weighted by molar-refractivity contribution is 5.94. The number of aliphatic carboxylic acids is 1. The molecule has 7 amide bonds. The Morgan fingerprint density at radius 1 is 0.717 bits per heavy atom. The number of aliphatic hydroxyl groups is 2. The van der Waals surface area contributed by atoms with Gasteiger partial charge in [-0.15, -0.1) is 0 Å². The molecule has 0 rings (SSSR count). The lowest BCUT2D eigenvalue weighted by molar-refractivity contribution is -0.154. The van der Waals surface area contributed by atoms with Crippen LogP contribution < -0.4 is 37.6 Å². The van der Waals surface area contributed by atoms with E-state index < -0.39 is 128 Å². The monoisotopic (exact) mass is 759 g/mol. The van der Waals surface area contributed by atoms with Crippen LogP contribution in [0.4, 0.5) is 0 Å². The molecule has 0 heterocycles. The summed E-state index contributed by atoms with van der Waals surface area (Å²) in [6.07, 6.45) is -0.504. The molecular formula is C33H57N7O13. The summed E-state index contributed by atoms with van der Waals surface area (Å²) in [4.78, 5) is 111. The Bertz CT molecular complexity index is 1280. The number of primary amides is 1. The molecule has 6 unspecified atom stereocenters. The second-order valence-electron chi connectivity index (χ2n) is 12.7. The number of carbonyl (C=O) groups excluding carboxylic acids is 8. The predicted octanol–water partition coefficient (Wildman–Crippen LogP) is -2.64. The van der Waals surface area contributed by atoms with E-state index in [2.05, 4.69) is 31.9 Å². The summed E-state index contributed by atoms with van der Waals surface area (Å²) in [6, 6.07) is -5.23. The third-order valence-corrected chi connectivity index (χ3v) is 7.89. The molecule has 0 aromatic rings. The van der Waals surface area contributed by atoms with E-state index in [1.54, 1.807) is 13.8 Å². The number of nitrogens with one attached hydrogen (secondary N) is 6. The zero-order valence-electron chi connectivity index (χ0n) is 31.1. The van der Waals surface area contributed by atoms with Crippen molar-refractivity contribution >= 4 is 53.3 Å². The van der Waals surface area contributed by atoms with Crippen LogP contribution in [0.25, 0.3) is 0 Å². The van der Waals surface area contributed by atoms with Crippen LogP contribution in [0.3, 0.4) is 0 Å². The summed E-state index contributed by atoms with van der Waals surface area (Å²) in [5, 5.41) is 43.0. The molecule has 0 aliphatic carbocycles. The molecule has 0 aromatic heterocycles. The van der Waals surface area contributed by atoms with Crippen molar-refractivity contribution in [2.24, 2.45) is 5.73 Å². The van der Waals surface area contributed by atoms with Crippen LogP contribution in [0.2, 0.25) is 0 Å². The van der Waals surface area contributed by atoms with Crippen molar-refractivity contribution in [1.82, 2.24) is 31.9 Å². The Kier molecular flexibility index (Phi) is 22.9. The van der Waals surface area contributed by atoms with Crippen molar-refractivity contribution in [1.29, 1.82) is 0 Å². The number of amides is 7. The minimum absolute atomic E-state index is 0.0902. The molecular weight excluding hydrogens is 702 g/mol. The molecule has 6 atom stereocenters. The highest BCUT2D eigenvalue weighted by Gasteiger charge is 2.36. The van der Waals surface area contributed by atoms with Gasteiger partial charge in [0.25, 0.3) is 0 Å². The Hall–Kier alpha value is -4.85. The Morgan fingerprint density at radius 2 is 1.30 bits per heavy atom. The maximum absolute atomic E-state index is 13.2. The van der Waals surface area contributed by atoms with Gasteiger partial charge in [-0.05, 0) is 46.0 Å². The van der Waals surface area contributed by atoms with Gasteiger partial charge in [0.05, 0.1) is 25.1 Å². The number of nitrogens with two attached hydrogens (primary N) is 1. The summed E-state index contributed by atoms with van der Waals surface area (Å²) in [5.41, 5.74) is 3.63. The van der Waals surface area contributed by atoms with Crippen molar-refractivity contribution in [3.8, 4) is 0 Å². The first kappa shape index (κ1) is 48.1. The molecule has 0 aromatic carbocycles. The summed E-state index contributed by atoms with van der Waals surface area (Å²) >= 11 is 0. The molecule has 0 aliphatic heterocycles. The average Bonchev–Trinajstić information content (AvgIpc) is 3.08. The van der Waals surface area contributed by atoms with Crippen LogP contribution in [0.5, 0.6) is 0 Å². The number of unbranched alkanes of at least 4 members (excludes halogenated alkanes) is 1. The Labute approximate surface area is 308 Å². The lowest BCUT2D eigenvalue weighted by Gasteiger charge is -2.30. The number of hydrogen-bond donors (Lipinski definition) is 10. The molecule has 0 spiro atoms. The number of aliphatic hydroxyl groups excluding tert-OH is 1. The number of carboxylic acid groups (broad SMARTS) is 1. The van der Waals surface area contributed by atoms with E-state index in [9.17, 15) is 58.5 Å². The largest absolute Gasteiger partial charge is 0.481 e. The van der Waals surface area contributed by atoms with Crippen molar-refractivity contribution in [3.05, 3.63) is 0 Å². The first-order chi connectivity index (χ1) is 24.8. The van der Waals surface area contributed by atoms with Gasteiger partial charge in [0.2, 0.25) is 41.4 Å². The smallest absolute Gasteiger partial charge is 0.328 e. The van der Waals surface area contributed by atoms with Crippen LogP contribution >= 0.6 is 0 Å². The number of carbonyl (C=O) groups is 9. The fraction of sp³-hybridized carbons (Fsp3) is 0.727. The third-order valence-electron chi connectivity index (χ3n) is 7.89. The van der Waals surface area contributed by atoms with Crippen LogP contribution in [-0.2, 0) is 47.9 Å². The quantitative estimate of drug-likeness (QED) is 0.0384. The van der Waals surface area contributed by atoms with Crippen LogP contribution in [0.15, 0.2) is 0 Å². The molecule has 0 bridgehead atoms. The molecule has 0 saturated heterocycles. The number of esters is 1. The summed E-state index contributed by atoms with van der Waals surface area (Å²) in [7, 11) is 0. The van der Waals surface area contributed by atoms with E-state index in [0.29, 0.717) is 12.8 Å². The normalized spacial score (nSPS) is 14.8. The van der Waals surface area contributed by atoms with Gasteiger partial charge in [0.1, 0.15) is 30.3 Å². The molecule has 0 saturated carbocycles. The highest BCUT2D eigenvalue weighted by Crippen LogP contribution is 2.14. The lowest BCUT2D eigenvalue weighted by atomic mass is 9.93. The maximum Gasteiger partial charge on any atom is 0.328 e. The van der Waals surface area contributed by atoms with Crippen LogP contribution in [-0.4, -0.2) is 124 Å². The van der Waals surface area contributed by atoms with Crippen LogP contribution in [0, 0.1) is 0 Å². The van der Waals surface area contributed by atoms with Crippen molar-refractivity contribution in [3.63, 3.8) is 0 Å². The summed E-state index contributed by atoms with van der Waals surface area (Å²) < 4.78 is 5.27. The molecule has 0 radical (unpaired) electrons. The van der Waals surface area contributed by atoms with Crippen molar-refractivity contribution < 1.29 is 63.2 Å². The molecule has 20 nitrogen and oxygen atoms in total. The Morgan fingerprint density at radius 3 is 1.85 bits per heavy atom. The van der Waals surface area contributed by atoms with E-state index >= 15 is 0 Å². The van der Waals surface area contributed by atoms with Gasteiger partial charge in [-0.25, -0.2) is 4.79 Å². The number of hydrogen-bond acceptors (Lipinski definition) is 12. The summed E-state index contributed by atoms with van der Waals surface area (Å²) in [6.45, 7) is 6.23. The van der Waals surface area contributed by atoms with E-state index in [1.165, 1.54) is 13.8 Å². The maximum atomic E-state index is 13.2. The van der Waals surface area contributed by atoms with Crippen molar-refractivity contribution in [2.45, 2.75) is 135 Å². The number of carboxylic acids is 1. The predicted molar refractivity (Wildman–Crippen MR) is 187 cm³/mol. The second-order valence-corrected chi connectivity index (χ2v) is 12.7. The van der Waals surface area contributed by atoms with E-state index in [1.807, 2.05) is 6.92 Å². The SMILES string of the molecule is CCCCC(=O)NC(CCO)C(=O)NCC(=O)NC(CCC)C(=O)NC(CCC(=O)O)C(=O)OC(C)CC(=O)NCC(=O)NC(C(N)=O)C(C)(O)CC. The lowest BCUT2D eigenvalue weighted by Crippen LogP contribution is -2.59. The number of rotatable bonds is 27. The zero-order chi connectivity index (χ0) is 40.7. The minimum atomic E-state index is -1.64. The molecule has 53 heavy (non-hydrogen) atoms. The molecule has 11 N–H and O–H groups in total. The van der Waals surface area contributed by atoms with E-state index in [4.69, 9.17) is 10.5 Å². The van der Waals surface area contributed by atoms with Gasteiger partial charge in [-0.2, -0.15) is 0 Å². The standard InChI is InChI=1S/C33H57N7O13/c1-6-9-11-23(42)37-21(14-15-41)30(49)36-18-25(44)38-20(10-7-2)31(50)39-22(12-13-27(46)47)32(51)53-19(4)16-24(43)35-17-26(45)40-28(29(34)48)33(5,52)8-3/h19-22,28,41,52H,6-18H2,1-5H3,(H2,34,48)(H,35,43)(H,36,49)(H,37,42)(H,38,44)(H,39,50)(H,40,45)(H,46,47). The molecule has 0 aliphatic rings. The topological polar surface area (TPSA) is 322 Å². The van der Waals surface area contributed by atoms with Gasteiger partial charge in [-0.1, -0.05) is 33.6 Å².